The fraction of sp³-hybridized carbons (Fsp3) is 0.474. The van der Waals surface area contributed by atoms with E-state index in [-0.39, 0.29) is 0 Å². The normalized spacial score (nSPS) is 16.6. The van der Waals surface area contributed by atoms with Gasteiger partial charge in [0, 0.05) is 18.7 Å². The molecule has 1 fully saturated rings. The molecule has 0 amide bonds. The second-order valence-corrected chi connectivity index (χ2v) is 11.7. The Kier molecular flexibility index (Phi) is 5.36. The summed E-state index contributed by atoms with van der Waals surface area (Å²) in [6, 6.07) is 16.0. The van der Waals surface area contributed by atoms with Gasteiger partial charge in [-0.1, -0.05) is 43.4 Å². The van der Waals surface area contributed by atoms with E-state index in [4.69, 9.17) is 9.15 Å². The molecular formula is C19H27NO2Si. The third kappa shape index (κ3) is 4.34. The number of hydrogen-bond acceptors (Lipinski definition) is 3. The Morgan fingerprint density at radius 3 is 2.48 bits per heavy atom. The highest BCUT2D eigenvalue weighted by atomic mass is 28.3. The zero-order valence-corrected chi connectivity index (χ0v) is 15.3. The van der Waals surface area contributed by atoms with Crippen LogP contribution < -0.4 is 5.38 Å². The molecule has 0 bridgehead atoms. The molecule has 0 atom stereocenters. The summed E-state index contributed by atoms with van der Waals surface area (Å²) in [5, 5.41) is 1.22. The van der Waals surface area contributed by atoms with Crippen LogP contribution in [0.25, 0.3) is 11.3 Å². The quantitative estimate of drug-likeness (QED) is 0.758. The third-order valence-electron chi connectivity index (χ3n) is 4.71. The van der Waals surface area contributed by atoms with Gasteiger partial charge in [0.15, 0.2) is 0 Å². The van der Waals surface area contributed by atoms with Gasteiger partial charge in [0.2, 0.25) is 0 Å². The summed E-state index contributed by atoms with van der Waals surface area (Å²) in [4.78, 5) is 2.52. The predicted octanol–water partition coefficient (Wildman–Crippen LogP) is 3.58. The fourth-order valence-corrected chi connectivity index (χ4v) is 5.36. The molecule has 2 aromatic rings. The van der Waals surface area contributed by atoms with Crippen molar-refractivity contribution in [1.82, 2.24) is 4.90 Å². The molecule has 0 N–H and O–H groups in total. The maximum absolute atomic E-state index is 6.21. The molecule has 1 aliphatic rings. The van der Waals surface area contributed by atoms with Crippen molar-refractivity contribution in [1.29, 1.82) is 0 Å². The molecule has 1 aromatic heterocycles. The van der Waals surface area contributed by atoms with E-state index in [1.54, 1.807) is 0 Å². The van der Waals surface area contributed by atoms with E-state index < -0.39 is 8.07 Å². The number of nitrogens with zero attached hydrogens (tertiary/aromatic N) is 1. The lowest BCUT2D eigenvalue weighted by atomic mass is 10.2. The minimum Gasteiger partial charge on any atom is -0.466 e. The van der Waals surface area contributed by atoms with E-state index in [9.17, 15) is 0 Å². The van der Waals surface area contributed by atoms with Crippen molar-refractivity contribution in [2.75, 3.05) is 32.8 Å². The van der Waals surface area contributed by atoms with Crippen LogP contribution >= 0.6 is 0 Å². The van der Waals surface area contributed by atoms with Crippen molar-refractivity contribution in [3.63, 3.8) is 0 Å². The highest BCUT2D eigenvalue weighted by molar-refractivity contribution is 6.88. The summed E-state index contributed by atoms with van der Waals surface area (Å²) in [6.07, 6.45) is 1.25. The van der Waals surface area contributed by atoms with Crippen LogP contribution in [0.15, 0.2) is 46.9 Å². The maximum atomic E-state index is 6.21. The van der Waals surface area contributed by atoms with Gasteiger partial charge in [-0.05, 0) is 31.1 Å². The molecule has 1 aromatic carbocycles. The van der Waals surface area contributed by atoms with Crippen LogP contribution in [0.5, 0.6) is 0 Å². The van der Waals surface area contributed by atoms with Crippen molar-refractivity contribution in [2.24, 2.45) is 0 Å². The standard InChI is InChI=1S/C19H27NO2Si/c1-23(2,16-6-11-20-12-14-21-15-13-20)19-10-9-18(22-19)17-7-4-3-5-8-17/h3-5,7-10H,6,11-16H2,1-2H3. The van der Waals surface area contributed by atoms with Gasteiger partial charge in [0.25, 0.3) is 0 Å². The Morgan fingerprint density at radius 1 is 1.00 bits per heavy atom. The molecule has 1 saturated heterocycles. The predicted molar refractivity (Wildman–Crippen MR) is 97.9 cm³/mol. The fourth-order valence-electron chi connectivity index (χ4n) is 3.15. The Bertz CT molecular complexity index is 603. The van der Waals surface area contributed by atoms with Gasteiger partial charge in [-0.2, -0.15) is 0 Å². The smallest absolute Gasteiger partial charge is 0.133 e. The van der Waals surface area contributed by atoms with E-state index in [0.29, 0.717) is 0 Å². The first-order valence-electron chi connectivity index (χ1n) is 8.61. The minimum absolute atomic E-state index is 0.888. The topological polar surface area (TPSA) is 25.6 Å². The molecule has 0 aliphatic carbocycles. The highest BCUT2D eigenvalue weighted by Crippen LogP contribution is 2.22. The van der Waals surface area contributed by atoms with Crippen LogP contribution in [0.2, 0.25) is 19.1 Å². The first-order chi connectivity index (χ1) is 11.1. The number of furan rings is 1. The molecule has 1 aliphatic heterocycles. The van der Waals surface area contributed by atoms with Crippen molar-refractivity contribution >= 4 is 13.5 Å². The van der Waals surface area contributed by atoms with E-state index >= 15 is 0 Å². The summed E-state index contributed by atoms with van der Waals surface area (Å²) in [6.45, 7) is 9.96. The molecule has 0 unspecified atom stereocenters. The van der Waals surface area contributed by atoms with Crippen molar-refractivity contribution in [3.8, 4) is 11.3 Å². The van der Waals surface area contributed by atoms with E-state index in [2.05, 4.69) is 54.4 Å². The number of ether oxygens (including phenoxy) is 1. The van der Waals surface area contributed by atoms with Gasteiger partial charge in [0.05, 0.1) is 18.6 Å². The SMILES string of the molecule is C[Si](C)(CCCN1CCOCC1)c1ccc(-c2ccccc2)o1. The summed E-state index contributed by atoms with van der Waals surface area (Å²) in [5.41, 5.74) is 1.16. The van der Waals surface area contributed by atoms with Gasteiger partial charge < -0.3 is 9.15 Å². The first-order valence-corrected chi connectivity index (χ1v) is 11.8. The molecule has 0 radical (unpaired) electrons. The average Bonchev–Trinajstić information content (AvgIpc) is 3.07. The van der Waals surface area contributed by atoms with Gasteiger partial charge in [-0.3, -0.25) is 4.90 Å². The monoisotopic (exact) mass is 329 g/mol. The summed E-state index contributed by atoms with van der Waals surface area (Å²) in [7, 11) is -1.50. The zero-order chi connectivity index (χ0) is 16.1. The van der Waals surface area contributed by atoms with Crippen LogP contribution in [0, 0.1) is 0 Å². The highest BCUT2D eigenvalue weighted by Gasteiger charge is 2.27. The van der Waals surface area contributed by atoms with Crippen LogP contribution in [-0.2, 0) is 4.74 Å². The Balaban J connectivity index is 1.57. The molecule has 0 saturated carbocycles. The molecule has 2 heterocycles. The van der Waals surface area contributed by atoms with E-state index in [1.165, 1.54) is 24.4 Å². The first kappa shape index (κ1) is 16.5. The zero-order valence-electron chi connectivity index (χ0n) is 14.3. The third-order valence-corrected chi connectivity index (χ3v) is 7.92. The summed E-state index contributed by atoms with van der Waals surface area (Å²) in [5.74, 6) is 0.995. The Labute approximate surface area is 140 Å². The molecule has 124 valence electrons. The van der Waals surface area contributed by atoms with Gasteiger partial charge in [-0.25, -0.2) is 0 Å². The van der Waals surface area contributed by atoms with E-state index in [1.807, 2.05) is 6.07 Å². The number of benzene rings is 1. The van der Waals surface area contributed by atoms with Crippen LogP contribution in [-0.4, -0.2) is 45.8 Å². The Hall–Kier alpha value is -1.36. The lowest BCUT2D eigenvalue weighted by Crippen LogP contribution is -2.42. The largest absolute Gasteiger partial charge is 0.466 e. The molecule has 3 nitrogen and oxygen atoms in total. The summed E-state index contributed by atoms with van der Waals surface area (Å²) >= 11 is 0. The van der Waals surface area contributed by atoms with Crippen LogP contribution in [0.3, 0.4) is 0 Å². The second-order valence-electron chi connectivity index (χ2n) is 6.97. The van der Waals surface area contributed by atoms with E-state index in [0.717, 1.165) is 37.6 Å². The van der Waals surface area contributed by atoms with Crippen molar-refractivity contribution in [2.45, 2.75) is 25.6 Å². The average molecular weight is 330 g/mol. The number of hydrogen-bond donors (Lipinski definition) is 0. The maximum Gasteiger partial charge on any atom is 0.133 e. The van der Waals surface area contributed by atoms with Crippen LogP contribution in [0.1, 0.15) is 6.42 Å². The Morgan fingerprint density at radius 2 is 1.74 bits per heavy atom. The molecular weight excluding hydrogens is 302 g/mol. The molecule has 4 heteroatoms. The van der Waals surface area contributed by atoms with Crippen molar-refractivity contribution < 1.29 is 9.15 Å². The van der Waals surface area contributed by atoms with Gasteiger partial charge in [0.1, 0.15) is 13.8 Å². The second kappa shape index (κ2) is 7.47. The number of rotatable bonds is 6. The molecule has 0 spiro atoms. The van der Waals surface area contributed by atoms with Crippen LogP contribution in [0.4, 0.5) is 0 Å². The minimum atomic E-state index is -1.50. The number of morpholine rings is 1. The van der Waals surface area contributed by atoms with Crippen molar-refractivity contribution in [3.05, 3.63) is 42.5 Å². The molecule has 3 rings (SSSR count). The summed E-state index contributed by atoms with van der Waals surface area (Å²) < 4.78 is 11.6. The molecule has 23 heavy (non-hydrogen) atoms. The lowest BCUT2D eigenvalue weighted by Gasteiger charge is -2.28. The lowest BCUT2D eigenvalue weighted by molar-refractivity contribution is 0.0379. The van der Waals surface area contributed by atoms with Gasteiger partial charge in [-0.15, -0.1) is 0 Å². The van der Waals surface area contributed by atoms with Gasteiger partial charge >= 0.3 is 0 Å².